The number of furan rings is 1. The van der Waals surface area contributed by atoms with Gasteiger partial charge >= 0.3 is 5.97 Å². The summed E-state index contributed by atoms with van der Waals surface area (Å²) in [6, 6.07) is 3.49. The monoisotopic (exact) mass is 270 g/mol. The van der Waals surface area contributed by atoms with E-state index in [4.69, 9.17) is 4.42 Å². The highest BCUT2D eigenvalue weighted by molar-refractivity contribution is 9.10. The van der Waals surface area contributed by atoms with E-state index in [1.807, 2.05) is 0 Å². The molecule has 0 aliphatic carbocycles. The number of H-pyrrole nitrogens is 1. The van der Waals surface area contributed by atoms with Crippen molar-refractivity contribution in [1.82, 2.24) is 9.97 Å². The third-order valence-electron chi connectivity index (χ3n) is 1.79. The van der Waals surface area contributed by atoms with Gasteiger partial charge in [0.15, 0.2) is 16.3 Å². The van der Waals surface area contributed by atoms with Crippen LogP contribution in [-0.2, 0) is 4.74 Å². The molecule has 2 aromatic rings. The lowest BCUT2D eigenvalue weighted by molar-refractivity contribution is 0.0595. The summed E-state index contributed by atoms with van der Waals surface area (Å²) < 4.78 is 10.4. The van der Waals surface area contributed by atoms with E-state index >= 15 is 0 Å². The molecule has 2 aromatic heterocycles. The number of hydrogen-bond donors (Lipinski definition) is 1. The minimum atomic E-state index is -0.459. The Kier molecular flexibility index (Phi) is 2.59. The van der Waals surface area contributed by atoms with E-state index in [-0.39, 0.29) is 0 Å². The third-order valence-corrected chi connectivity index (χ3v) is 2.21. The zero-order valence-corrected chi connectivity index (χ0v) is 9.37. The van der Waals surface area contributed by atoms with Crippen LogP contribution in [-0.4, -0.2) is 23.0 Å². The van der Waals surface area contributed by atoms with E-state index < -0.39 is 5.97 Å². The Morgan fingerprint density at radius 1 is 1.60 bits per heavy atom. The number of ether oxygens (including phenoxy) is 1. The van der Waals surface area contributed by atoms with Gasteiger partial charge in [-0.05, 0) is 28.1 Å². The van der Waals surface area contributed by atoms with E-state index in [9.17, 15) is 4.79 Å². The minimum absolute atomic E-state index is 0.292. The zero-order chi connectivity index (χ0) is 10.8. The molecule has 0 saturated heterocycles. The van der Waals surface area contributed by atoms with E-state index in [2.05, 4.69) is 30.6 Å². The molecule has 0 spiro atoms. The van der Waals surface area contributed by atoms with Crippen LogP contribution in [0.1, 0.15) is 10.5 Å². The number of carbonyl (C=O) groups excluding carboxylic acids is 1. The lowest BCUT2D eigenvalue weighted by Crippen LogP contribution is -2.00. The molecule has 2 rings (SSSR count). The van der Waals surface area contributed by atoms with Crippen molar-refractivity contribution in [1.29, 1.82) is 0 Å². The molecule has 1 N–H and O–H groups in total. The molecule has 0 aliphatic heterocycles. The van der Waals surface area contributed by atoms with Gasteiger partial charge < -0.3 is 14.1 Å². The van der Waals surface area contributed by atoms with Crippen molar-refractivity contribution in [3.8, 4) is 11.6 Å². The lowest BCUT2D eigenvalue weighted by Gasteiger charge is -1.92. The number of nitrogens with zero attached hydrogens (tertiary/aromatic N) is 1. The molecule has 0 atom stereocenters. The predicted octanol–water partition coefficient (Wildman–Crippen LogP) is 2.22. The molecule has 0 aromatic carbocycles. The molecule has 0 unspecified atom stereocenters. The first-order chi connectivity index (χ1) is 7.20. The van der Waals surface area contributed by atoms with Gasteiger partial charge in [0.25, 0.3) is 0 Å². The molecule has 0 aliphatic rings. The van der Waals surface area contributed by atoms with Crippen molar-refractivity contribution in [2.24, 2.45) is 0 Å². The SMILES string of the molecule is COC(=O)c1cnc(-c2ccc(Br)o2)[nH]1. The van der Waals surface area contributed by atoms with Crippen LogP contribution in [0.2, 0.25) is 0 Å². The van der Waals surface area contributed by atoms with Crippen LogP contribution in [0.15, 0.2) is 27.4 Å². The maximum atomic E-state index is 11.1. The summed E-state index contributed by atoms with van der Waals surface area (Å²) in [4.78, 5) is 17.9. The first-order valence-electron chi connectivity index (χ1n) is 4.09. The van der Waals surface area contributed by atoms with E-state index in [1.54, 1.807) is 12.1 Å². The molecule has 5 nitrogen and oxygen atoms in total. The van der Waals surface area contributed by atoms with Crippen LogP contribution < -0.4 is 0 Å². The van der Waals surface area contributed by atoms with Gasteiger partial charge in [-0.25, -0.2) is 9.78 Å². The minimum Gasteiger partial charge on any atom is -0.464 e. The number of nitrogens with one attached hydrogen (secondary N) is 1. The number of aromatic nitrogens is 2. The van der Waals surface area contributed by atoms with Gasteiger partial charge in [0, 0.05) is 0 Å². The summed E-state index contributed by atoms with van der Waals surface area (Å²) in [5, 5.41) is 0. The predicted molar refractivity (Wildman–Crippen MR) is 55.3 cm³/mol. The van der Waals surface area contributed by atoms with Crippen molar-refractivity contribution in [3.05, 3.63) is 28.7 Å². The summed E-state index contributed by atoms with van der Waals surface area (Å²) in [7, 11) is 1.31. The van der Waals surface area contributed by atoms with Gasteiger partial charge in [-0.3, -0.25) is 0 Å². The Labute approximate surface area is 93.6 Å². The van der Waals surface area contributed by atoms with Gasteiger partial charge in [0.1, 0.15) is 5.69 Å². The molecule has 0 amide bonds. The number of imidazole rings is 1. The average Bonchev–Trinajstić information content (AvgIpc) is 2.84. The Hall–Kier alpha value is -1.56. The van der Waals surface area contributed by atoms with Crippen molar-refractivity contribution >= 4 is 21.9 Å². The second-order valence-corrected chi connectivity index (χ2v) is 3.52. The Morgan fingerprint density at radius 2 is 2.40 bits per heavy atom. The number of rotatable bonds is 2. The van der Waals surface area contributed by atoms with Crippen LogP contribution in [0.4, 0.5) is 0 Å². The number of aromatic amines is 1. The van der Waals surface area contributed by atoms with Crippen molar-refractivity contribution in [2.45, 2.75) is 0 Å². The zero-order valence-electron chi connectivity index (χ0n) is 7.78. The fraction of sp³-hybridized carbons (Fsp3) is 0.111. The fourth-order valence-electron chi connectivity index (χ4n) is 1.10. The van der Waals surface area contributed by atoms with Crippen LogP contribution in [0.5, 0.6) is 0 Å². The number of methoxy groups -OCH3 is 1. The van der Waals surface area contributed by atoms with Crippen molar-refractivity contribution in [3.63, 3.8) is 0 Å². The van der Waals surface area contributed by atoms with Crippen molar-refractivity contribution in [2.75, 3.05) is 7.11 Å². The summed E-state index contributed by atoms with van der Waals surface area (Å²) in [5.74, 6) is 0.581. The molecule has 78 valence electrons. The summed E-state index contributed by atoms with van der Waals surface area (Å²) in [6.45, 7) is 0. The Morgan fingerprint density at radius 3 is 3.00 bits per heavy atom. The maximum Gasteiger partial charge on any atom is 0.356 e. The van der Waals surface area contributed by atoms with Crippen molar-refractivity contribution < 1.29 is 13.9 Å². The van der Waals surface area contributed by atoms with E-state index in [0.29, 0.717) is 21.9 Å². The summed E-state index contributed by atoms with van der Waals surface area (Å²) >= 11 is 3.18. The second kappa shape index (κ2) is 3.90. The molecule has 0 bridgehead atoms. The highest BCUT2D eigenvalue weighted by Crippen LogP contribution is 2.22. The average molecular weight is 271 g/mol. The van der Waals surface area contributed by atoms with E-state index in [0.717, 1.165) is 0 Å². The first kappa shape index (κ1) is 9.97. The van der Waals surface area contributed by atoms with Crippen LogP contribution in [0.25, 0.3) is 11.6 Å². The highest BCUT2D eigenvalue weighted by Gasteiger charge is 2.12. The molecular formula is C9H7BrN2O3. The first-order valence-corrected chi connectivity index (χ1v) is 4.89. The van der Waals surface area contributed by atoms with Gasteiger partial charge in [-0.2, -0.15) is 0 Å². The normalized spacial score (nSPS) is 10.3. The van der Waals surface area contributed by atoms with Crippen LogP contribution >= 0.6 is 15.9 Å². The topological polar surface area (TPSA) is 68.1 Å². The second-order valence-electron chi connectivity index (χ2n) is 2.74. The number of esters is 1. The Balaban J connectivity index is 2.31. The number of halogens is 1. The molecule has 0 fully saturated rings. The van der Waals surface area contributed by atoms with Gasteiger partial charge in [0.2, 0.25) is 0 Å². The van der Waals surface area contributed by atoms with Crippen LogP contribution in [0, 0.1) is 0 Å². The molecule has 0 saturated carbocycles. The van der Waals surface area contributed by atoms with Crippen LogP contribution in [0.3, 0.4) is 0 Å². The van der Waals surface area contributed by atoms with Gasteiger partial charge in [0.05, 0.1) is 13.3 Å². The highest BCUT2D eigenvalue weighted by atomic mass is 79.9. The maximum absolute atomic E-state index is 11.1. The quantitative estimate of drug-likeness (QED) is 0.850. The van der Waals surface area contributed by atoms with E-state index in [1.165, 1.54) is 13.3 Å². The fourth-order valence-corrected chi connectivity index (χ4v) is 1.41. The smallest absolute Gasteiger partial charge is 0.356 e. The number of hydrogen-bond acceptors (Lipinski definition) is 4. The molecule has 0 radical (unpaired) electrons. The third kappa shape index (κ3) is 1.94. The summed E-state index contributed by atoms with van der Waals surface area (Å²) in [5.41, 5.74) is 0.292. The molecule has 2 heterocycles. The molecule has 6 heteroatoms. The largest absolute Gasteiger partial charge is 0.464 e. The lowest BCUT2D eigenvalue weighted by atomic mass is 10.4. The number of carbonyl (C=O) groups is 1. The Bertz CT molecular complexity index is 489. The van der Waals surface area contributed by atoms with Gasteiger partial charge in [-0.1, -0.05) is 0 Å². The standard InChI is InChI=1S/C9H7BrN2O3/c1-14-9(13)5-4-11-8(12-5)6-2-3-7(10)15-6/h2-4H,1H3,(H,11,12). The molecular weight excluding hydrogens is 264 g/mol. The molecule has 15 heavy (non-hydrogen) atoms. The van der Waals surface area contributed by atoms with Gasteiger partial charge in [-0.15, -0.1) is 0 Å². The summed E-state index contributed by atoms with van der Waals surface area (Å²) in [6.07, 6.45) is 1.40.